The summed E-state index contributed by atoms with van der Waals surface area (Å²) >= 11 is 0. The van der Waals surface area contributed by atoms with E-state index in [9.17, 15) is 9.59 Å². The number of ether oxygens (including phenoxy) is 2. The Hall–Kier alpha value is -2.10. The van der Waals surface area contributed by atoms with Gasteiger partial charge in [-0.05, 0) is 56.6 Å². The quantitative estimate of drug-likeness (QED) is 0.448. The molecule has 1 atom stereocenters. The fourth-order valence-electron chi connectivity index (χ4n) is 3.24. The molecule has 0 bridgehead atoms. The summed E-state index contributed by atoms with van der Waals surface area (Å²) in [5.74, 6) is -0.314. The first-order chi connectivity index (χ1) is 13.2. The van der Waals surface area contributed by atoms with Crippen LogP contribution in [-0.4, -0.2) is 24.6 Å². The van der Waals surface area contributed by atoms with Crippen LogP contribution in [0.2, 0.25) is 0 Å². The van der Waals surface area contributed by atoms with Gasteiger partial charge in [0.25, 0.3) is 0 Å². The van der Waals surface area contributed by atoms with Crippen molar-refractivity contribution in [2.45, 2.75) is 79.8 Å². The van der Waals surface area contributed by atoms with Crippen molar-refractivity contribution in [1.82, 2.24) is 0 Å². The van der Waals surface area contributed by atoms with E-state index in [4.69, 9.17) is 9.47 Å². The molecule has 0 N–H and O–H groups in total. The third-order valence-corrected chi connectivity index (χ3v) is 4.82. The summed E-state index contributed by atoms with van der Waals surface area (Å²) < 4.78 is 10.9. The summed E-state index contributed by atoms with van der Waals surface area (Å²) in [7, 11) is 0. The Balaban J connectivity index is 3.28. The van der Waals surface area contributed by atoms with Crippen molar-refractivity contribution in [2.75, 3.05) is 6.61 Å². The van der Waals surface area contributed by atoms with Crippen molar-refractivity contribution >= 4 is 11.9 Å². The highest BCUT2D eigenvalue weighted by Crippen LogP contribution is 2.25. The normalized spacial score (nSPS) is 27.0. The minimum absolute atomic E-state index is 0.235. The van der Waals surface area contributed by atoms with Crippen molar-refractivity contribution < 1.29 is 19.1 Å². The highest BCUT2D eigenvalue weighted by atomic mass is 16.5. The Morgan fingerprint density at radius 3 is 2.25 bits per heavy atom. The van der Waals surface area contributed by atoms with Gasteiger partial charge in [0, 0.05) is 20.3 Å². The zero-order valence-corrected chi connectivity index (χ0v) is 18.3. The molecular weight excluding hydrogens is 352 g/mol. The van der Waals surface area contributed by atoms with Gasteiger partial charge < -0.3 is 9.47 Å². The van der Waals surface area contributed by atoms with E-state index in [1.165, 1.54) is 25.0 Å². The highest BCUT2D eigenvalue weighted by molar-refractivity contribution is 5.66. The van der Waals surface area contributed by atoms with Crippen LogP contribution in [0.25, 0.3) is 0 Å². The molecule has 0 spiro atoms. The molecule has 0 saturated heterocycles. The van der Waals surface area contributed by atoms with E-state index >= 15 is 0 Å². The maximum atomic E-state index is 11.7. The molecule has 1 aliphatic carbocycles. The van der Waals surface area contributed by atoms with Crippen LogP contribution in [0.5, 0.6) is 0 Å². The molecule has 0 aliphatic heterocycles. The standard InChI is InChI=1S/C24H36O4/c1-17(2)23-14-13-22(16-27-20(5)25)12-8-10-18(3)9-7-11-19(4)15-24(23)28-21(6)26/h10-11,13-14,17,24H,7-9,12,15-16H2,1-6H3/b18-10-,19-11-,22-13+,23-14-/t24-/m0/s1. The van der Waals surface area contributed by atoms with E-state index in [0.29, 0.717) is 13.0 Å². The molecule has 0 aromatic carbocycles. The Morgan fingerprint density at radius 1 is 1.00 bits per heavy atom. The smallest absolute Gasteiger partial charge is 0.303 e. The predicted molar refractivity (Wildman–Crippen MR) is 114 cm³/mol. The Bertz CT molecular complexity index is 662. The van der Waals surface area contributed by atoms with Crippen molar-refractivity contribution in [2.24, 2.45) is 5.92 Å². The molecule has 4 heteroatoms. The van der Waals surface area contributed by atoms with Gasteiger partial charge in [-0.1, -0.05) is 49.3 Å². The fraction of sp³-hybridized carbons (Fsp3) is 0.583. The third-order valence-electron chi connectivity index (χ3n) is 4.82. The number of carbonyl (C=O) groups excluding carboxylic acids is 2. The molecule has 0 aromatic heterocycles. The second kappa shape index (κ2) is 12.4. The molecule has 1 rings (SSSR count). The van der Waals surface area contributed by atoms with Gasteiger partial charge in [-0.25, -0.2) is 0 Å². The van der Waals surface area contributed by atoms with Gasteiger partial charge in [0.05, 0.1) is 0 Å². The first-order valence-corrected chi connectivity index (χ1v) is 10.2. The lowest BCUT2D eigenvalue weighted by Crippen LogP contribution is -2.22. The van der Waals surface area contributed by atoms with E-state index in [1.54, 1.807) is 0 Å². The maximum absolute atomic E-state index is 11.7. The minimum atomic E-state index is -0.279. The van der Waals surface area contributed by atoms with Crippen LogP contribution < -0.4 is 0 Å². The first-order valence-electron chi connectivity index (χ1n) is 10.2. The number of allylic oxidation sites excluding steroid dienone is 5. The van der Waals surface area contributed by atoms with E-state index in [0.717, 1.165) is 36.8 Å². The lowest BCUT2D eigenvalue weighted by Gasteiger charge is -2.24. The lowest BCUT2D eigenvalue weighted by atomic mass is 9.91. The second-order valence-corrected chi connectivity index (χ2v) is 7.91. The monoisotopic (exact) mass is 388 g/mol. The molecule has 0 saturated carbocycles. The summed E-state index contributed by atoms with van der Waals surface area (Å²) in [5.41, 5.74) is 4.73. The first kappa shape index (κ1) is 23.9. The predicted octanol–water partition coefficient (Wildman–Crippen LogP) is 5.85. The summed E-state index contributed by atoms with van der Waals surface area (Å²) in [6.45, 7) is 11.6. The molecule has 0 fully saturated rings. The van der Waals surface area contributed by atoms with Gasteiger partial charge in [0.1, 0.15) is 12.7 Å². The number of esters is 2. The maximum Gasteiger partial charge on any atom is 0.303 e. The number of hydrogen-bond acceptors (Lipinski definition) is 4. The Kier molecular flexibility index (Phi) is 10.6. The molecule has 0 unspecified atom stereocenters. The van der Waals surface area contributed by atoms with Crippen molar-refractivity contribution in [1.29, 1.82) is 0 Å². The average molecular weight is 389 g/mol. The molecule has 28 heavy (non-hydrogen) atoms. The van der Waals surface area contributed by atoms with Crippen molar-refractivity contribution in [3.63, 3.8) is 0 Å². The lowest BCUT2D eigenvalue weighted by molar-refractivity contribution is -0.145. The minimum Gasteiger partial charge on any atom is -0.461 e. The van der Waals surface area contributed by atoms with Gasteiger partial charge in [0.2, 0.25) is 0 Å². The number of carbonyl (C=O) groups is 2. The largest absolute Gasteiger partial charge is 0.461 e. The van der Waals surface area contributed by atoms with Crippen LogP contribution >= 0.6 is 0 Å². The van der Waals surface area contributed by atoms with Crippen LogP contribution in [0.4, 0.5) is 0 Å². The van der Waals surface area contributed by atoms with E-state index in [2.05, 4.69) is 39.8 Å². The van der Waals surface area contributed by atoms with Gasteiger partial charge in [-0.2, -0.15) is 0 Å². The summed E-state index contributed by atoms with van der Waals surface area (Å²) in [6, 6.07) is 0. The van der Waals surface area contributed by atoms with Gasteiger partial charge in [0.15, 0.2) is 0 Å². The summed E-state index contributed by atoms with van der Waals surface area (Å²) in [6.07, 6.45) is 12.8. The number of hydrogen-bond donors (Lipinski definition) is 0. The molecule has 0 aromatic rings. The third kappa shape index (κ3) is 9.72. The van der Waals surface area contributed by atoms with Crippen molar-refractivity contribution in [3.8, 4) is 0 Å². The van der Waals surface area contributed by atoms with Crippen molar-refractivity contribution in [3.05, 3.63) is 46.6 Å². The highest BCUT2D eigenvalue weighted by Gasteiger charge is 2.20. The van der Waals surface area contributed by atoms with Crippen LogP contribution in [0.1, 0.15) is 73.6 Å². The van der Waals surface area contributed by atoms with E-state index in [-0.39, 0.29) is 24.0 Å². The Labute approximate surface area is 170 Å². The average Bonchev–Trinajstić information content (AvgIpc) is 2.57. The zero-order chi connectivity index (χ0) is 21.1. The second-order valence-electron chi connectivity index (χ2n) is 7.91. The van der Waals surface area contributed by atoms with Gasteiger partial charge in [-0.3, -0.25) is 9.59 Å². The molecule has 0 radical (unpaired) electrons. The molecule has 1 aliphatic rings. The summed E-state index contributed by atoms with van der Waals surface area (Å²) in [4.78, 5) is 22.9. The van der Waals surface area contributed by atoms with Crippen LogP contribution in [0, 0.1) is 5.92 Å². The Morgan fingerprint density at radius 2 is 1.64 bits per heavy atom. The topological polar surface area (TPSA) is 52.6 Å². The molecule has 4 nitrogen and oxygen atoms in total. The fourth-order valence-corrected chi connectivity index (χ4v) is 3.24. The zero-order valence-electron chi connectivity index (χ0n) is 18.3. The van der Waals surface area contributed by atoms with E-state index in [1.807, 2.05) is 12.2 Å². The molecule has 156 valence electrons. The molecule has 0 heterocycles. The van der Waals surface area contributed by atoms with Crippen LogP contribution in [0.15, 0.2) is 46.6 Å². The van der Waals surface area contributed by atoms with Gasteiger partial charge in [-0.15, -0.1) is 0 Å². The SMILES string of the molecule is CC(=O)OC/C1=C/C=C(/C(C)C)[C@@H](OC(C)=O)C/C(C)=C\CC/C(C)=C\CC1. The molecule has 0 amide bonds. The van der Waals surface area contributed by atoms with Crippen LogP contribution in [0.3, 0.4) is 0 Å². The summed E-state index contributed by atoms with van der Waals surface area (Å²) in [5, 5.41) is 0. The van der Waals surface area contributed by atoms with E-state index < -0.39 is 0 Å². The number of rotatable bonds is 4. The van der Waals surface area contributed by atoms with Crippen LogP contribution in [-0.2, 0) is 19.1 Å². The van der Waals surface area contributed by atoms with Gasteiger partial charge >= 0.3 is 11.9 Å². The molecular formula is C24H36O4.